The molecule has 5 heteroatoms. The monoisotopic (exact) mass is 567 g/mol. The van der Waals surface area contributed by atoms with Gasteiger partial charge in [-0.2, -0.15) is 0 Å². The van der Waals surface area contributed by atoms with Gasteiger partial charge in [0.1, 0.15) is 0 Å². The molecule has 3 unspecified atom stereocenters. The van der Waals surface area contributed by atoms with Gasteiger partial charge < -0.3 is 9.47 Å². The van der Waals surface area contributed by atoms with Crippen LogP contribution in [0.2, 0.25) is 0 Å². The fourth-order valence-electron chi connectivity index (χ4n) is 7.18. The van der Waals surface area contributed by atoms with Crippen LogP contribution in [0.25, 0.3) is 38.8 Å². The number of hydrogen-bond donors (Lipinski definition) is 0. The number of para-hydroxylation sites is 2. The summed E-state index contributed by atoms with van der Waals surface area (Å²) in [6.45, 7) is 0. The molecule has 0 N–H and O–H groups in total. The van der Waals surface area contributed by atoms with Crippen molar-refractivity contribution in [2.45, 2.75) is 24.3 Å². The van der Waals surface area contributed by atoms with Gasteiger partial charge in [0.05, 0.1) is 22.8 Å². The van der Waals surface area contributed by atoms with E-state index in [9.17, 15) is 0 Å². The van der Waals surface area contributed by atoms with Crippen molar-refractivity contribution in [3.8, 4) is 11.3 Å². The maximum Gasteiger partial charge on any atom is 0.0706 e. The van der Waals surface area contributed by atoms with E-state index in [0.717, 1.165) is 23.4 Å². The third-order valence-corrected chi connectivity index (χ3v) is 9.22. The first kappa shape index (κ1) is 25.0. The summed E-state index contributed by atoms with van der Waals surface area (Å²) in [6.07, 6.45) is 17.8. The minimum absolute atomic E-state index is 0.217. The van der Waals surface area contributed by atoms with Crippen LogP contribution in [-0.2, 0) is 0 Å². The summed E-state index contributed by atoms with van der Waals surface area (Å²) in [7, 11) is 0. The molecule has 2 aliphatic heterocycles. The number of pyridine rings is 2. The Morgan fingerprint density at radius 2 is 1.66 bits per heavy atom. The van der Waals surface area contributed by atoms with Crippen LogP contribution in [0.5, 0.6) is 0 Å². The molecule has 3 aromatic heterocycles. The van der Waals surface area contributed by atoms with E-state index in [-0.39, 0.29) is 17.9 Å². The summed E-state index contributed by atoms with van der Waals surface area (Å²) < 4.78 is 2.35. The van der Waals surface area contributed by atoms with Gasteiger partial charge in [-0.3, -0.25) is 15.0 Å². The molecule has 0 radical (unpaired) electrons. The lowest BCUT2D eigenvalue weighted by molar-refractivity contribution is 0.780. The maximum atomic E-state index is 5.20. The average Bonchev–Trinajstić information content (AvgIpc) is 3.62. The number of hydrogen-bond acceptors (Lipinski definition) is 4. The van der Waals surface area contributed by atoms with E-state index in [2.05, 4.69) is 147 Å². The molecular weight excluding hydrogens is 538 g/mol. The van der Waals surface area contributed by atoms with E-state index < -0.39 is 0 Å². The van der Waals surface area contributed by atoms with Gasteiger partial charge in [-0.15, -0.1) is 0 Å². The Kier molecular flexibility index (Phi) is 5.69. The molecule has 3 aromatic carbocycles. The number of allylic oxidation sites excluding steroid dienone is 4. The smallest absolute Gasteiger partial charge is 0.0706 e. The van der Waals surface area contributed by atoms with Crippen LogP contribution in [0.3, 0.4) is 0 Å². The first-order chi connectivity index (χ1) is 21.8. The largest absolute Gasteiger partial charge is 0.333 e. The molecule has 5 heterocycles. The summed E-state index contributed by atoms with van der Waals surface area (Å²) in [5.74, 6) is 0.478. The minimum atomic E-state index is 0.217. The zero-order valence-corrected chi connectivity index (χ0v) is 24.0. The molecule has 0 saturated carbocycles. The zero-order valence-electron chi connectivity index (χ0n) is 24.0. The number of rotatable bonds is 4. The molecule has 0 amide bonds. The van der Waals surface area contributed by atoms with E-state index in [1.54, 1.807) is 0 Å². The summed E-state index contributed by atoms with van der Waals surface area (Å²) in [5, 5.41) is 2.40. The molecule has 210 valence electrons. The van der Waals surface area contributed by atoms with E-state index in [1.807, 2.05) is 18.6 Å². The van der Waals surface area contributed by atoms with Crippen LogP contribution in [0.4, 0.5) is 11.4 Å². The highest BCUT2D eigenvalue weighted by atomic mass is 15.2. The Morgan fingerprint density at radius 1 is 0.773 bits per heavy atom. The van der Waals surface area contributed by atoms with E-state index in [4.69, 9.17) is 4.98 Å². The Balaban J connectivity index is 1.02. The Bertz CT molecular complexity index is 2150. The number of benzene rings is 3. The highest BCUT2D eigenvalue weighted by Gasteiger charge is 2.37. The number of aliphatic imine (C=N–C) groups is 1. The van der Waals surface area contributed by atoms with Gasteiger partial charge in [0.25, 0.3) is 0 Å². The van der Waals surface area contributed by atoms with E-state index in [0.29, 0.717) is 0 Å². The van der Waals surface area contributed by atoms with Gasteiger partial charge in [0.15, 0.2) is 0 Å². The van der Waals surface area contributed by atoms with Gasteiger partial charge in [0.2, 0.25) is 0 Å². The Morgan fingerprint density at radius 3 is 2.61 bits per heavy atom. The number of anilines is 2. The molecule has 3 atom stereocenters. The fraction of sp³-hybridized carbons (Fsp3) is 0.103. The average molecular weight is 568 g/mol. The van der Waals surface area contributed by atoms with Crippen molar-refractivity contribution >= 4 is 45.1 Å². The van der Waals surface area contributed by atoms with Crippen molar-refractivity contribution in [3.05, 3.63) is 151 Å². The summed E-state index contributed by atoms with van der Waals surface area (Å²) in [5.41, 5.74) is 10.5. The van der Waals surface area contributed by atoms with Crippen molar-refractivity contribution in [2.75, 3.05) is 4.90 Å². The number of nitrogens with zero attached hydrogens (tertiary/aromatic N) is 5. The lowest BCUT2D eigenvalue weighted by Crippen LogP contribution is -2.29. The summed E-state index contributed by atoms with van der Waals surface area (Å²) in [4.78, 5) is 16.5. The van der Waals surface area contributed by atoms with Gasteiger partial charge >= 0.3 is 0 Å². The normalized spacial score (nSPS) is 20.2. The Hall–Kier alpha value is -5.55. The van der Waals surface area contributed by atoms with E-state index >= 15 is 0 Å². The summed E-state index contributed by atoms with van der Waals surface area (Å²) in [6, 6.07) is 34.8. The first-order valence-corrected chi connectivity index (χ1v) is 15.2. The van der Waals surface area contributed by atoms with Gasteiger partial charge in [-0.05, 0) is 66.6 Å². The molecule has 1 aliphatic carbocycles. The van der Waals surface area contributed by atoms with E-state index in [1.165, 1.54) is 44.4 Å². The van der Waals surface area contributed by atoms with Crippen molar-refractivity contribution in [3.63, 3.8) is 0 Å². The molecule has 0 fully saturated rings. The third kappa shape index (κ3) is 3.89. The quantitative estimate of drug-likeness (QED) is 0.214. The van der Waals surface area contributed by atoms with Crippen molar-refractivity contribution in [2.24, 2.45) is 4.99 Å². The lowest BCUT2D eigenvalue weighted by atomic mass is 9.94. The number of fused-ring (bicyclic) bond motifs is 6. The molecule has 5 nitrogen and oxygen atoms in total. The van der Waals surface area contributed by atoms with Gasteiger partial charge in [-0.25, -0.2) is 0 Å². The molecule has 44 heavy (non-hydrogen) atoms. The van der Waals surface area contributed by atoms with Crippen LogP contribution in [-0.4, -0.2) is 26.8 Å². The Labute approximate surface area is 255 Å². The minimum Gasteiger partial charge on any atom is -0.333 e. The SMILES string of the molecule is C1=CC2C(C=N1)c1ccccc1N2c1cccc(-c2cccc(C3C=CC(n4c5ccccc5c5cnccc54)=CC3)n2)c1. The second-order valence-corrected chi connectivity index (χ2v) is 11.7. The zero-order chi connectivity index (χ0) is 29.0. The topological polar surface area (TPSA) is 46.3 Å². The standard InChI is InChI=1S/C39H29N5/c1-3-13-36-30(9-1)32-24-40-21-19-38(32)43(36)28-17-15-26(16-18-28)34-11-6-12-35(42-34)27-7-5-8-29(23-27)44-37-14-4-2-10-31(37)33-25-41-22-20-39(33)44/h1-15,17-26,33,39H,16H2. The summed E-state index contributed by atoms with van der Waals surface area (Å²) >= 11 is 0. The van der Waals surface area contributed by atoms with Crippen LogP contribution < -0.4 is 4.90 Å². The van der Waals surface area contributed by atoms with Crippen LogP contribution in [0.1, 0.15) is 29.5 Å². The van der Waals surface area contributed by atoms with Crippen molar-refractivity contribution in [1.82, 2.24) is 14.5 Å². The molecule has 3 aliphatic rings. The molecule has 0 saturated heterocycles. The van der Waals surface area contributed by atoms with Crippen molar-refractivity contribution < 1.29 is 0 Å². The second kappa shape index (κ2) is 10.0. The van der Waals surface area contributed by atoms with Crippen molar-refractivity contribution in [1.29, 1.82) is 0 Å². The molecule has 0 bridgehead atoms. The third-order valence-electron chi connectivity index (χ3n) is 9.22. The molecule has 6 aromatic rings. The predicted molar refractivity (Wildman–Crippen MR) is 180 cm³/mol. The fourth-order valence-corrected chi connectivity index (χ4v) is 7.18. The van der Waals surface area contributed by atoms with Gasteiger partial charge in [0, 0.05) is 75.7 Å². The maximum absolute atomic E-state index is 5.20. The van der Waals surface area contributed by atoms with Gasteiger partial charge in [-0.1, -0.05) is 66.7 Å². The molecular formula is C39H29N5. The highest BCUT2D eigenvalue weighted by molar-refractivity contribution is 6.10. The molecule has 0 spiro atoms. The van der Waals surface area contributed by atoms with Crippen LogP contribution in [0.15, 0.2) is 145 Å². The number of aromatic nitrogens is 3. The highest BCUT2D eigenvalue weighted by Crippen LogP contribution is 2.46. The lowest BCUT2D eigenvalue weighted by Gasteiger charge is -2.28. The van der Waals surface area contributed by atoms with Crippen LogP contribution >= 0.6 is 0 Å². The molecule has 9 rings (SSSR count). The predicted octanol–water partition coefficient (Wildman–Crippen LogP) is 9.04. The van der Waals surface area contributed by atoms with Crippen LogP contribution in [0, 0.1) is 0 Å². The first-order valence-electron chi connectivity index (χ1n) is 15.2. The second-order valence-electron chi connectivity index (χ2n) is 11.7.